The summed E-state index contributed by atoms with van der Waals surface area (Å²) in [4.78, 5) is 0. The highest BCUT2D eigenvalue weighted by atomic mass is 19.1. The van der Waals surface area contributed by atoms with Gasteiger partial charge in [0, 0.05) is 20.3 Å². The summed E-state index contributed by atoms with van der Waals surface area (Å²) in [5.74, 6) is -0.110. The zero-order chi connectivity index (χ0) is 15.3. The van der Waals surface area contributed by atoms with E-state index in [0.29, 0.717) is 33.0 Å². The van der Waals surface area contributed by atoms with Crippen LogP contribution < -0.4 is 0 Å². The predicted molar refractivity (Wildman–Crippen MR) is 78.8 cm³/mol. The summed E-state index contributed by atoms with van der Waals surface area (Å²) in [5.41, 5.74) is 1.03. The molecule has 0 radical (unpaired) electrons. The number of aliphatic hydroxyl groups is 1. The van der Waals surface area contributed by atoms with Crippen LogP contribution >= 0.6 is 0 Å². The van der Waals surface area contributed by atoms with Gasteiger partial charge in [-0.05, 0) is 36.5 Å². The van der Waals surface area contributed by atoms with Gasteiger partial charge in [-0.1, -0.05) is 12.1 Å². The fraction of sp³-hybridized carbons (Fsp3) is 0.625. The Morgan fingerprint density at radius 2 is 1.62 bits per heavy atom. The van der Waals surface area contributed by atoms with Gasteiger partial charge in [-0.3, -0.25) is 0 Å². The summed E-state index contributed by atoms with van der Waals surface area (Å²) < 4.78 is 28.4. The van der Waals surface area contributed by atoms with Gasteiger partial charge in [0.2, 0.25) is 0 Å². The minimum Gasteiger partial charge on any atom is -0.396 e. The topological polar surface area (TPSA) is 47.9 Å². The third-order valence-electron chi connectivity index (χ3n) is 3.17. The van der Waals surface area contributed by atoms with Crippen molar-refractivity contribution in [3.63, 3.8) is 0 Å². The fourth-order valence-corrected chi connectivity index (χ4v) is 1.93. The van der Waals surface area contributed by atoms with E-state index in [1.54, 1.807) is 19.2 Å². The van der Waals surface area contributed by atoms with Crippen molar-refractivity contribution in [2.45, 2.75) is 12.8 Å². The van der Waals surface area contributed by atoms with Crippen molar-refractivity contribution in [3.05, 3.63) is 35.6 Å². The van der Waals surface area contributed by atoms with E-state index in [2.05, 4.69) is 0 Å². The lowest BCUT2D eigenvalue weighted by Crippen LogP contribution is -2.14. The summed E-state index contributed by atoms with van der Waals surface area (Å²) in [5, 5.41) is 9.37. The second-order valence-electron chi connectivity index (χ2n) is 4.89. The maximum absolute atomic E-state index is 12.8. The van der Waals surface area contributed by atoms with Crippen LogP contribution in [-0.4, -0.2) is 51.9 Å². The van der Waals surface area contributed by atoms with E-state index in [9.17, 15) is 9.50 Å². The zero-order valence-electron chi connectivity index (χ0n) is 12.6. The van der Waals surface area contributed by atoms with Gasteiger partial charge < -0.3 is 19.3 Å². The summed E-state index contributed by atoms with van der Waals surface area (Å²) in [6.45, 7) is 2.93. The summed E-state index contributed by atoms with van der Waals surface area (Å²) in [7, 11) is 1.63. The maximum Gasteiger partial charge on any atom is 0.123 e. The molecule has 0 aliphatic rings. The number of hydrogen-bond acceptors (Lipinski definition) is 4. The average molecular weight is 300 g/mol. The molecule has 0 spiro atoms. The van der Waals surface area contributed by atoms with Crippen LogP contribution in [0.3, 0.4) is 0 Å². The molecule has 0 bridgehead atoms. The number of methoxy groups -OCH3 is 1. The minimum absolute atomic E-state index is 0.102. The van der Waals surface area contributed by atoms with E-state index in [1.807, 2.05) is 0 Å². The fourth-order valence-electron chi connectivity index (χ4n) is 1.93. The maximum atomic E-state index is 12.8. The molecule has 0 aliphatic carbocycles. The Morgan fingerprint density at radius 1 is 1.00 bits per heavy atom. The molecule has 1 aromatic rings. The Balaban J connectivity index is 2.09. The number of hydrogen-bond donors (Lipinski definition) is 1. The monoisotopic (exact) mass is 300 g/mol. The van der Waals surface area contributed by atoms with Gasteiger partial charge in [-0.2, -0.15) is 0 Å². The number of halogens is 1. The molecule has 120 valence electrons. The van der Waals surface area contributed by atoms with Gasteiger partial charge in [-0.15, -0.1) is 0 Å². The lowest BCUT2D eigenvalue weighted by atomic mass is 9.97. The molecule has 1 N–H and O–H groups in total. The summed E-state index contributed by atoms with van der Waals surface area (Å²) in [6, 6.07) is 6.39. The van der Waals surface area contributed by atoms with E-state index < -0.39 is 0 Å². The molecular weight excluding hydrogens is 275 g/mol. The van der Waals surface area contributed by atoms with Gasteiger partial charge in [0.1, 0.15) is 5.82 Å². The summed E-state index contributed by atoms with van der Waals surface area (Å²) >= 11 is 0. The van der Waals surface area contributed by atoms with Crippen molar-refractivity contribution >= 4 is 0 Å². The van der Waals surface area contributed by atoms with Crippen LogP contribution in [0, 0.1) is 11.7 Å². The normalized spacial score (nSPS) is 12.5. The third-order valence-corrected chi connectivity index (χ3v) is 3.17. The molecule has 1 rings (SSSR count). The minimum atomic E-state index is -0.240. The quantitative estimate of drug-likeness (QED) is 0.600. The average Bonchev–Trinajstić information content (AvgIpc) is 2.50. The molecule has 4 nitrogen and oxygen atoms in total. The first-order valence-corrected chi connectivity index (χ1v) is 7.26. The first-order chi connectivity index (χ1) is 10.3. The molecule has 0 heterocycles. The number of rotatable bonds is 12. The van der Waals surface area contributed by atoms with Crippen LogP contribution in [0.2, 0.25) is 0 Å². The van der Waals surface area contributed by atoms with Crippen molar-refractivity contribution in [3.8, 4) is 0 Å². The van der Waals surface area contributed by atoms with Crippen LogP contribution in [0.5, 0.6) is 0 Å². The Morgan fingerprint density at radius 3 is 2.24 bits per heavy atom. The first kappa shape index (κ1) is 18.0. The van der Waals surface area contributed by atoms with Gasteiger partial charge >= 0.3 is 0 Å². The van der Waals surface area contributed by atoms with E-state index in [1.165, 1.54) is 12.1 Å². The van der Waals surface area contributed by atoms with Crippen molar-refractivity contribution < 1.29 is 23.7 Å². The van der Waals surface area contributed by atoms with E-state index in [4.69, 9.17) is 14.2 Å². The molecule has 0 saturated heterocycles. The van der Waals surface area contributed by atoms with Crippen LogP contribution in [-0.2, 0) is 20.6 Å². The SMILES string of the molecule is COCCOCCOCCC(CO)Cc1ccc(F)cc1. The molecule has 5 heteroatoms. The van der Waals surface area contributed by atoms with Crippen LogP contribution in [0.4, 0.5) is 4.39 Å². The molecule has 0 amide bonds. The van der Waals surface area contributed by atoms with E-state index in [0.717, 1.165) is 18.4 Å². The third kappa shape index (κ3) is 8.78. The molecule has 21 heavy (non-hydrogen) atoms. The van der Waals surface area contributed by atoms with Crippen molar-refractivity contribution in [1.82, 2.24) is 0 Å². The van der Waals surface area contributed by atoms with E-state index >= 15 is 0 Å². The van der Waals surface area contributed by atoms with Gasteiger partial charge in [0.15, 0.2) is 0 Å². The predicted octanol–water partition coefficient (Wildman–Crippen LogP) is 2.05. The van der Waals surface area contributed by atoms with Gasteiger partial charge in [0.05, 0.1) is 26.4 Å². The van der Waals surface area contributed by atoms with E-state index in [-0.39, 0.29) is 18.3 Å². The van der Waals surface area contributed by atoms with Crippen molar-refractivity contribution in [1.29, 1.82) is 0 Å². The lowest BCUT2D eigenvalue weighted by Gasteiger charge is -2.14. The number of aliphatic hydroxyl groups excluding tert-OH is 1. The lowest BCUT2D eigenvalue weighted by molar-refractivity contribution is 0.0201. The van der Waals surface area contributed by atoms with Crippen LogP contribution in [0.1, 0.15) is 12.0 Å². The highest BCUT2D eigenvalue weighted by Crippen LogP contribution is 2.13. The van der Waals surface area contributed by atoms with Crippen LogP contribution in [0.15, 0.2) is 24.3 Å². The molecule has 1 aromatic carbocycles. The van der Waals surface area contributed by atoms with Gasteiger partial charge in [0.25, 0.3) is 0 Å². The smallest absolute Gasteiger partial charge is 0.123 e. The number of benzene rings is 1. The number of ether oxygens (including phenoxy) is 3. The molecule has 0 aliphatic heterocycles. The van der Waals surface area contributed by atoms with Crippen molar-refractivity contribution in [2.75, 3.05) is 46.8 Å². The first-order valence-electron chi connectivity index (χ1n) is 7.26. The second kappa shape index (κ2) is 11.6. The van der Waals surface area contributed by atoms with Crippen molar-refractivity contribution in [2.24, 2.45) is 5.92 Å². The molecular formula is C16H25FO4. The molecule has 1 atom stereocenters. The standard InChI is InChI=1S/C16H25FO4/c1-19-8-9-21-11-10-20-7-6-15(13-18)12-14-2-4-16(17)5-3-14/h2-5,15,18H,6-13H2,1H3. The second-order valence-corrected chi connectivity index (χ2v) is 4.89. The van der Waals surface area contributed by atoms with Crippen LogP contribution in [0.25, 0.3) is 0 Å². The molecule has 0 aromatic heterocycles. The molecule has 0 saturated carbocycles. The Labute approximate surface area is 125 Å². The Kier molecular flexibility index (Phi) is 9.99. The largest absolute Gasteiger partial charge is 0.396 e. The highest BCUT2D eigenvalue weighted by molar-refractivity contribution is 5.16. The summed E-state index contributed by atoms with van der Waals surface area (Å²) in [6.07, 6.45) is 1.50. The Hall–Kier alpha value is -1.01. The molecule has 1 unspecified atom stereocenters. The zero-order valence-corrected chi connectivity index (χ0v) is 12.6. The van der Waals surface area contributed by atoms with Gasteiger partial charge in [-0.25, -0.2) is 4.39 Å². The Bertz CT molecular complexity index is 356. The molecule has 0 fully saturated rings. The highest BCUT2D eigenvalue weighted by Gasteiger charge is 2.08.